The highest BCUT2D eigenvalue weighted by Gasteiger charge is 2.19. The summed E-state index contributed by atoms with van der Waals surface area (Å²) in [5, 5.41) is 0. The smallest absolute Gasteiger partial charge is 0.222 e. The molecule has 3 aromatic rings. The average molecular weight is 361 g/mol. The minimum Gasteiger partial charge on any atom is -0.469 e. The first-order valence-corrected chi connectivity index (χ1v) is 9.65. The van der Waals surface area contributed by atoms with Crippen LogP contribution in [0.15, 0.2) is 83.5 Å². The Morgan fingerprint density at radius 1 is 0.926 bits per heavy atom. The van der Waals surface area contributed by atoms with Crippen LogP contribution in [0, 0.1) is 0 Å². The molecular formula is C24H27NO2. The van der Waals surface area contributed by atoms with Gasteiger partial charge in [0.1, 0.15) is 5.76 Å². The Morgan fingerprint density at radius 2 is 1.59 bits per heavy atom. The van der Waals surface area contributed by atoms with Gasteiger partial charge in [-0.2, -0.15) is 0 Å². The monoisotopic (exact) mass is 361 g/mol. The van der Waals surface area contributed by atoms with Crippen LogP contribution in [-0.2, 0) is 17.8 Å². The molecule has 0 bridgehead atoms. The van der Waals surface area contributed by atoms with Gasteiger partial charge in [0.05, 0.1) is 6.26 Å². The Kier molecular flexibility index (Phi) is 6.86. The molecule has 0 unspecified atom stereocenters. The molecule has 3 heteroatoms. The lowest BCUT2D eigenvalue weighted by Crippen LogP contribution is -2.31. The molecule has 0 fully saturated rings. The summed E-state index contributed by atoms with van der Waals surface area (Å²) in [6.07, 6.45) is 4.04. The summed E-state index contributed by atoms with van der Waals surface area (Å²) in [6.45, 7) is 3.30. The van der Waals surface area contributed by atoms with E-state index in [9.17, 15) is 4.79 Å². The van der Waals surface area contributed by atoms with Crippen molar-refractivity contribution in [2.24, 2.45) is 0 Å². The van der Waals surface area contributed by atoms with Gasteiger partial charge in [-0.15, -0.1) is 0 Å². The van der Waals surface area contributed by atoms with Crippen LogP contribution in [0.25, 0.3) is 0 Å². The van der Waals surface area contributed by atoms with Gasteiger partial charge in [0.25, 0.3) is 0 Å². The second-order valence-electron chi connectivity index (χ2n) is 6.85. The van der Waals surface area contributed by atoms with Gasteiger partial charge < -0.3 is 9.32 Å². The molecule has 3 nitrogen and oxygen atoms in total. The van der Waals surface area contributed by atoms with E-state index in [0.29, 0.717) is 13.0 Å². The quantitative estimate of drug-likeness (QED) is 0.509. The van der Waals surface area contributed by atoms with Crippen LogP contribution in [0.1, 0.15) is 42.6 Å². The lowest BCUT2D eigenvalue weighted by atomic mass is 9.93. The lowest BCUT2D eigenvalue weighted by Gasteiger charge is -2.25. The van der Waals surface area contributed by atoms with Crippen molar-refractivity contribution in [3.63, 3.8) is 0 Å². The third-order valence-electron chi connectivity index (χ3n) is 4.89. The molecule has 1 atom stereocenters. The summed E-state index contributed by atoms with van der Waals surface area (Å²) in [6, 6.07) is 24.6. The van der Waals surface area contributed by atoms with Crippen molar-refractivity contribution in [3.05, 3.63) is 95.9 Å². The molecule has 0 aliphatic rings. The van der Waals surface area contributed by atoms with Crippen molar-refractivity contribution in [1.29, 1.82) is 0 Å². The molecule has 140 valence electrons. The third-order valence-corrected chi connectivity index (χ3v) is 4.89. The summed E-state index contributed by atoms with van der Waals surface area (Å²) in [5.74, 6) is 1.43. The Balaban J connectivity index is 1.70. The van der Waals surface area contributed by atoms with Crippen LogP contribution in [0.2, 0.25) is 0 Å². The molecule has 0 saturated carbocycles. The zero-order valence-corrected chi connectivity index (χ0v) is 15.9. The molecule has 2 aromatic carbocycles. The van der Waals surface area contributed by atoms with Gasteiger partial charge in [-0.25, -0.2) is 0 Å². The highest BCUT2D eigenvalue weighted by atomic mass is 16.3. The number of furan rings is 1. The van der Waals surface area contributed by atoms with E-state index in [2.05, 4.69) is 36.4 Å². The molecule has 1 aromatic heterocycles. The van der Waals surface area contributed by atoms with E-state index in [0.717, 1.165) is 30.7 Å². The Hall–Kier alpha value is -2.81. The highest BCUT2D eigenvalue weighted by Crippen LogP contribution is 2.25. The number of carbonyl (C=O) groups excluding carboxylic acids is 1. The zero-order chi connectivity index (χ0) is 18.9. The Bertz CT molecular complexity index is 797. The molecular weight excluding hydrogens is 334 g/mol. The summed E-state index contributed by atoms with van der Waals surface area (Å²) in [7, 11) is 0. The topological polar surface area (TPSA) is 33.5 Å². The summed E-state index contributed by atoms with van der Waals surface area (Å²) in [5.41, 5.74) is 2.45. The first-order chi connectivity index (χ1) is 13.3. The SMILES string of the molecule is CCC(=O)N(CC[C@H](Cc1ccccc1)c1ccco1)Cc1ccccc1. The Morgan fingerprint density at radius 3 is 2.19 bits per heavy atom. The van der Waals surface area contributed by atoms with Crippen molar-refractivity contribution >= 4 is 5.91 Å². The number of nitrogens with zero attached hydrogens (tertiary/aromatic N) is 1. The first kappa shape index (κ1) is 19.0. The maximum Gasteiger partial charge on any atom is 0.222 e. The number of rotatable bonds is 9. The molecule has 0 saturated heterocycles. The van der Waals surface area contributed by atoms with Crippen molar-refractivity contribution in [3.8, 4) is 0 Å². The summed E-state index contributed by atoms with van der Waals surface area (Å²) >= 11 is 0. The van der Waals surface area contributed by atoms with E-state index >= 15 is 0 Å². The zero-order valence-electron chi connectivity index (χ0n) is 15.9. The van der Waals surface area contributed by atoms with Gasteiger partial charge in [0.2, 0.25) is 5.91 Å². The molecule has 27 heavy (non-hydrogen) atoms. The van der Waals surface area contributed by atoms with Crippen LogP contribution in [0.5, 0.6) is 0 Å². The maximum atomic E-state index is 12.5. The van der Waals surface area contributed by atoms with E-state index in [1.165, 1.54) is 5.56 Å². The molecule has 1 amide bonds. The van der Waals surface area contributed by atoms with Crippen LogP contribution in [-0.4, -0.2) is 17.4 Å². The van der Waals surface area contributed by atoms with Crippen molar-refractivity contribution in [1.82, 2.24) is 4.90 Å². The number of hydrogen-bond donors (Lipinski definition) is 0. The van der Waals surface area contributed by atoms with Crippen LogP contribution < -0.4 is 0 Å². The second-order valence-corrected chi connectivity index (χ2v) is 6.85. The normalized spacial score (nSPS) is 11.9. The molecule has 0 spiro atoms. The predicted octanol–water partition coefficient (Wildman–Crippen LogP) is 5.43. The minimum absolute atomic E-state index is 0.191. The van der Waals surface area contributed by atoms with Gasteiger partial charge >= 0.3 is 0 Å². The number of amides is 1. The molecule has 1 heterocycles. The molecule has 3 rings (SSSR count). The number of carbonyl (C=O) groups is 1. The van der Waals surface area contributed by atoms with E-state index in [1.54, 1.807) is 6.26 Å². The minimum atomic E-state index is 0.191. The number of hydrogen-bond acceptors (Lipinski definition) is 2. The fraction of sp³-hybridized carbons (Fsp3) is 0.292. The standard InChI is InChI=1S/C24H27NO2/c1-2-24(26)25(19-21-12-7-4-8-13-21)16-15-22(23-14-9-17-27-23)18-20-10-5-3-6-11-20/h3-14,17,22H,2,15-16,18-19H2,1H3/t22-/m1/s1. The van der Waals surface area contributed by atoms with Gasteiger partial charge in [-0.1, -0.05) is 67.6 Å². The average Bonchev–Trinajstić information content (AvgIpc) is 3.25. The summed E-state index contributed by atoms with van der Waals surface area (Å²) < 4.78 is 5.70. The first-order valence-electron chi connectivity index (χ1n) is 9.65. The molecule has 0 N–H and O–H groups in total. The largest absolute Gasteiger partial charge is 0.469 e. The summed E-state index contributed by atoms with van der Waals surface area (Å²) in [4.78, 5) is 14.4. The van der Waals surface area contributed by atoms with Crippen LogP contribution >= 0.6 is 0 Å². The number of benzene rings is 2. The molecule has 0 aliphatic carbocycles. The highest BCUT2D eigenvalue weighted by molar-refractivity contribution is 5.75. The van der Waals surface area contributed by atoms with Crippen LogP contribution in [0.3, 0.4) is 0 Å². The lowest BCUT2D eigenvalue weighted by molar-refractivity contribution is -0.131. The fourth-order valence-electron chi connectivity index (χ4n) is 3.40. The van der Waals surface area contributed by atoms with Gasteiger partial charge in [-0.05, 0) is 36.1 Å². The second kappa shape index (κ2) is 9.77. The van der Waals surface area contributed by atoms with Crippen LogP contribution in [0.4, 0.5) is 0 Å². The molecule has 0 radical (unpaired) electrons. The van der Waals surface area contributed by atoms with E-state index in [1.807, 2.05) is 48.2 Å². The van der Waals surface area contributed by atoms with Crippen molar-refractivity contribution in [2.45, 2.75) is 38.6 Å². The maximum absolute atomic E-state index is 12.5. The predicted molar refractivity (Wildman–Crippen MR) is 108 cm³/mol. The molecule has 0 aliphatic heterocycles. The Labute approximate surface area is 161 Å². The van der Waals surface area contributed by atoms with Crippen molar-refractivity contribution < 1.29 is 9.21 Å². The van der Waals surface area contributed by atoms with Gasteiger partial charge in [0, 0.05) is 25.4 Å². The van der Waals surface area contributed by atoms with Gasteiger partial charge in [0.15, 0.2) is 0 Å². The van der Waals surface area contributed by atoms with E-state index < -0.39 is 0 Å². The fourth-order valence-corrected chi connectivity index (χ4v) is 3.40. The third kappa shape index (κ3) is 5.58. The van der Waals surface area contributed by atoms with Crippen molar-refractivity contribution in [2.75, 3.05) is 6.54 Å². The van der Waals surface area contributed by atoms with E-state index in [-0.39, 0.29) is 11.8 Å². The van der Waals surface area contributed by atoms with E-state index in [4.69, 9.17) is 4.42 Å². The van der Waals surface area contributed by atoms with Gasteiger partial charge in [-0.3, -0.25) is 4.79 Å².